The Kier molecular flexibility index (Phi) is 3.86. The number of aliphatic imine (C=N–C) groups is 1. The van der Waals surface area contributed by atoms with Gasteiger partial charge in [0.05, 0.1) is 12.7 Å². The Morgan fingerprint density at radius 1 is 1.18 bits per heavy atom. The number of aromatic nitrogens is 2. The zero-order valence-corrected chi connectivity index (χ0v) is 16.3. The van der Waals surface area contributed by atoms with Crippen molar-refractivity contribution in [2.75, 3.05) is 41.4 Å². The van der Waals surface area contributed by atoms with Crippen LogP contribution in [0.5, 0.6) is 0 Å². The van der Waals surface area contributed by atoms with Gasteiger partial charge in [0.15, 0.2) is 5.82 Å². The summed E-state index contributed by atoms with van der Waals surface area (Å²) in [6.07, 6.45) is 4.46. The smallest absolute Gasteiger partial charge is 0.252 e. The quantitative estimate of drug-likeness (QED) is 0.823. The van der Waals surface area contributed by atoms with Gasteiger partial charge in [-0.15, -0.1) is 0 Å². The van der Waals surface area contributed by atoms with Crippen LogP contribution < -0.4 is 14.7 Å². The van der Waals surface area contributed by atoms with E-state index in [1.807, 2.05) is 25.2 Å². The van der Waals surface area contributed by atoms with Crippen LogP contribution >= 0.6 is 0 Å². The Balaban J connectivity index is 1.58. The molecular weight excluding hydrogens is 352 g/mol. The standard InChI is InChI=1S/C21H24N6O/c1-3-21-10-7-12-27(21)18-16(25(2)19(21)28)14-23-20(24-18)26-13-11-22-17(26)15-8-5-4-6-9-15/h4-6,8-9,14H,3,7,10-13H2,1-2H3/t21-/m0/s1. The van der Waals surface area contributed by atoms with Crippen LogP contribution in [-0.4, -0.2) is 53.9 Å². The minimum absolute atomic E-state index is 0.157. The predicted octanol–water partition coefficient (Wildman–Crippen LogP) is 2.47. The molecule has 5 rings (SSSR count). The number of benzene rings is 1. The number of likely N-dealkylation sites (N-methyl/N-ethyl adjacent to an activating group) is 1. The fraction of sp³-hybridized carbons (Fsp3) is 0.429. The first kappa shape index (κ1) is 17.2. The van der Waals surface area contributed by atoms with Crippen molar-refractivity contribution in [2.45, 2.75) is 31.7 Å². The molecule has 0 N–H and O–H groups in total. The Bertz CT molecular complexity index is 959. The number of amidine groups is 1. The van der Waals surface area contributed by atoms with Crippen molar-refractivity contribution in [3.05, 3.63) is 42.1 Å². The molecule has 1 aromatic heterocycles. The topological polar surface area (TPSA) is 64.9 Å². The van der Waals surface area contributed by atoms with Crippen molar-refractivity contribution in [1.82, 2.24) is 9.97 Å². The average molecular weight is 376 g/mol. The average Bonchev–Trinajstić information content (AvgIpc) is 3.40. The number of carbonyl (C=O) groups is 1. The summed E-state index contributed by atoms with van der Waals surface area (Å²) in [5.41, 5.74) is 1.39. The SMILES string of the molecule is CC[C@@]12CCCN1c1nc(N3CCN=C3c3ccccc3)ncc1N(C)C2=O. The largest absolute Gasteiger partial charge is 0.340 e. The molecule has 0 aliphatic carbocycles. The van der Waals surface area contributed by atoms with Crippen LogP contribution in [0.4, 0.5) is 17.5 Å². The van der Waals surface area contributed by atoms with E-state index in [4.69, 9.17) is 4.98 Å². The number of anilines is 3. The van der Waals surface area contributed by atoms with Gasteiger partial charge in [0, 0.05) is 25.7 Å². The van der Waals surface area contributed by atoms with Crippen LogP contribution in [0, 0.1) is 0 Å². The fourth-order valence-corrected chi connectivity index (χ4v) is 4.75. The van der Waals surface area contributed by atoms with E-state index >= 15 is 0 Å². The molecule has 0 spiro atoms. The lowest BCUT2D eigenvalue weighted by molar-refractivity contribution is -0.123. The van der Waals surface area contributed by atoms with Crippen molar-refractivity contribution >= 4 is 29.2 Å². The van der Waals surface area contributed by atoms with Crippen molar-refractivity contribution in [1.29, 1.82) is 0 Å². The number of hydrogen-bond donors (Lipinski definition) is 0. The zero-order chi connectivity index (χ0) is 19.3. The summed E-state index contributed by atoms with van der Waals surface area (Å²) < 4.78 is 0. The van der Waals surface area contributed by atoms with Crippen molar-refractivity contribution < 1.29 is 4.79 Å². The number of rotatable bonds is 3. The summed E-state index contributed by atoms with van der Waals surface area (Å²) in [7, 11) is 1.84. The van der Waals surface area contributed by atoms with E-state index < -0.39 is 5.54 Å². The normalized spacial score (nSPS) is 23.7. The highest BCUT2D eigenvalue weighted by molar-refractivity contribution is 6.11. The van der Waals surface area contributed by atoms with E-state index in [9.17, 15) is 4.79 Å². The molecule has 4 heterocycles. The zero-order valence-electron chi connectivity index (χ0n) is 16.3. The van der Waals surface area contributed by atoms with E-state index in [-0.39, 0.29) is 5.91 Å². The number of carbonyl (C=O) groups excluding carboxylic acids is 1. The molecule has 3 aliphatic heterocycles. The van der Waals surface area contributed by atoms with Crippen LogP contribution in [0.15, 0.2) is 41.5 Å². The first-order valence-electron chi connectivity index (χ1n) is 9.96. The van der Waals surface area contributed by atoms with Crippen LogP contribution in [0.3, 0.4) is 0 Å². The summed E-state index contributed by atoms with van der Waals surface area (Å²) in [6.45, 7) is 4.44. The van der Waals surface area contributed by atoms with Gasteiger partial charge in [0.1, 0.15) is 17.1 Å². The summed E-state index contributed by atoms with van der Waals surface area (Å²) in [5.74, 6) is 2.58. The van der Waals surface area contributed by atoms with E-state index in [0.29, 0.717) is 5.95 Å². The minimum atomic E-state index is -0.464. The third kappa shape index (κ3) is 2.28. The van der Waals surface area contributed by atoms with Crippen LogP contribution in [0.2, 0.25) is 0 Å². The van der Waals surface area contributed by atoms with Gasteiger partial charge < -0.3 is 9.80 Å². The van der Waals surface area contributed by atoms with Crippen molar-refractivity contribution in [3.63, 3.8) is 0 Å². The molecule has 1 amide bonds. The van der Waals surface area contributed by atoms with Gasteiger partial charge in [-0.25, -0.2) is 4.98 Å². The second kappa shape index (κ2) is 6.29. The molecular formula is C21H24N6O. The maximum Gasteiger partial charge on any atom is 0.252 e. The molecule has 144 valence electrons. The van der Waals surface area contributed by atoms with Gasteiger partial charge in [-0.2, -0.15) is 4.98 Å². The third-order valence-electron chi connectivity index (χ3n) is 6.24. The molecule has 1 aromatic carbocycles. The molecule has 1 fully saturated rings. The molecule has 7 heteroatoms. The van der Waals surface area contributed by atoms with Crippen LogP contribution in [-0.2, 0) is 4.79 Å². The highest BCUT2D eigenvalue weighted by Crippen LogP contribution is 2.45. The number of nitrogens with zero attached hydrogens (tertiary/aromatic N) is 6. The minimum Gasteiger partial charge on any atom is -0.340 e. The Morgan fingerprint density at radius 2 is 2.00 bits per heavy atom. The van der Waals surface area contributed by atoms with Gasteiger partial charge in [-0.3, -0.25) is 14.7 Å². The molecule has 1 saturated heterocycles. The van der Waals surface area contributed by atoms with Gasteiger partial charge in [-0.05, 0) is 19.3 Å². The third-order valence-corrected chi connectivity index (χ3v) is 6.24. The van der Waals surface area contributed by atoms with Crippen molar-refractivity contribution in [3.8, 4) is 0 Å². The Labute approximate surface area is 164 Å². The second-order valence-corrected chi connectivity index (χ2v) is 7.61. The lowest BCUT2D eigenvalue weighted by Gasteiger charge is -2.45. The second-order valence-electron chi connectivity index (χ2n) is 7.61. The van der Waals surface area contributed by atoms with Gasteiger partial charge >= 0.3 is 0 Å². The Morgan fingerprint density at radius 3 is 2.79 bits per heavy atom. The molecule has 0 saturated carbocycles. The first-order valence-corrected chi connectivity index (χ1v) is 9.96. The maximum absolute atomic E-state index is 13.1. The molecule has 1 atom stereocenters. The fourth-order valence-electron chi connectivity index (χ4n) is 4.75. The number of hydrogen-bond acceptors (Lipinski definition) is 6. The van der Waals surface area contributed by atoms with Gasteiger partial charge in [0.25, 0.3) is 5.91 Å². The van der Waals surface area contributed by atoms with E-state index in [1.54, 1.807) is 11.1 Å². The summed E-state index contributed by atoms with van der Waals surface area (Å²) in [4.78, 5) is 33.4. The molecule has 2 aromatic rings. The highest BCUT2D eigenvalue weighted by atomic mass is 16.2. The summed E-state index contributed by atoms with van der Waals surface area (Å²) in [6, 6.07) is 10.2. The number of amides is 1. The molecule has 3 aliphatic rings. The number of fused-ring (bicyclic) bond motifs is 3. The Hall–Kier alpha value is -2.96. The van der Waals surface area contributed by atoms with Crippen LogP contribution in [0.25, 0.3) is 0 Å². The lowest BCUT2D eigenvalue weighted by Crippen LogP contribution is -2.59. The highest BCUT2D eigenvalue weighted by Gasteiger charge is 2.52. The predicted molar refractivity (Wildman–Crippen MR) is 110 cm³/mol. The first-order chi connectivity index (χ1) is 13.7. The summed E-state index contributed by atoms with van der Waals surface area (Å²) >= 11 is 0. The van der Waals surface area contributed by atoms with Crippen molar-refractivity contribution in [2.24, 2.45) is 4.99 Å². The molecule has 0 bridgehead atoms. The van der Waals surface area contributed by atoms with Gasteiger partial charge in [-0.1, -0.05) is 37.3 Å². The molecule has 0 unspecified atom stereocenters. The van der Waals surface area contributed by atoms with Gasteiger partial charge in [0.2, 0.25) is 5.95 Å². The van der Waals surface area contributed by atoms with E-state index in [2.05, 4.69) is 38.8 Å². The monoisotopic (exact) mass is 376 g/mol. The maximum atomic E-state index is 13.1. The molecule has 28 heavy (non-hydrogen) atoms. The summed E-state index contributed by atoms with van der Waals surface area (Å²) in [5, 5.41) is 0. The van der Waals surface area contributed by atoms with E-state index in [0.717, 1.165) is 61.8 Å². The van der Waals surface area contributed by atoms with Crippen LogP contribution in [0.1, 0.15) is 31.7 Å². The molecule has 0 radical (unpaired) electrons. The lowest BCUT2D eigenvalue weighted by atomic mass is 9.89. The van der Waals surface area contributed by atoms with E-state index in [1.165, 1.54) is 0 Å². The molecule has 7 nitrogen and oxygen atoms in total.